The van der Waals surface area contributed by atoms with Crippen molar-refractivity contribution in [2.75, 3.05) is 43.9 Å². The van der Waals surface area contributed by atoms with E-state index in [4.69, 9.17) is 0 Å². The average molecular weight is 509 g/mol. The lowest BCUT2D eigenvalue weighted by Crippen LogP contribution is -2.43. The van der Waals surface area contributed by atoms with E-state index in [0.29, 0.717) is 17.1 Å². The van der Waals surface area contributed by atoms with Crippen LogP contribution in [0.15, 0.2) is 96.5 Å². The topological polar surface area (TPSA) is 72.9 Å². The first-order valence-corrected chi connectivity index (χ1v) is 12.9. The van der Waals surface area contributed by atoms with Gasteiger partial charge in [-0.2, -0.15) is 0 Å². The second-order valence-electron chi connectivity index (χ2n) is 9.57. The monoisotopic (exact) mass is 508 g/mol. The Morgan fingerprint density at radius 1 is 1.05 bits per heavy atom. The van der Waals surface area contributed by atoms with E-state index in [1.54, 1.807) is 12.4 Å². The molecule has 1 aliphatic rings. The highest BCUT2D eigenvalue weighted by Gasteiger charge is 2.14. The lowest BCUT2D eigenvalue weighted by Gasteiger charge is -2.32. The smallest absolute Gasteiger partial charge is 0.255 e. The van der Waals surface area contributed by atoms with Gasteiger partial charge < -0.3 is 15.5 Å². The van der Waals surface area contributed by atoms with Crippen molar-refractivity contribution in [2.24, 2.45) is 4.99 Å². The summed E-state index contributed by atoms with van der Waals surface area (Å²) >= 11 is 0. The van der Waals surface area contributed by atoms with Crippen LogP contribution in [0, 0.1) is 6.92 Å². The third kappa shape index (κ3) is 7.47. The molecule has 0 bridgehead atoms. The van der Waals surface area contributed by atoms with E-state index in [1.807, 2.05) is 80.6 Å². The number of aromatic nitrogens is 1. The summed E-state index contributed by atoms with van der Waals surface area (Å²) in [5, 5.41) is 6.29. The zero-order valence-corrected chi connectivity index (χ0v) is 22.4. The van der Waals surface area contributed by atoms with Crippen molar-refractivity contribution in [1.82, 2.24) is 14.8 Å². The van der Waals surface area contributed by atoms with E-state index >= 15 is 0 Å². The van der Waals surface area contributed by atoms with Crippen LogP contribution < -0.4 is 10.6 Å². The number of nitrogens with zero attached hydrogens (tertiary/aromatic N) is 4. The Labute approximate surface area is 225 Å². The Morgan fingerprint density at radius 2 is 1.82 bits per heavy atom. The number of aliphatic imine (C=N–C) groups is 1. The van der Waals surface area contributed by atoms with E-state index < -0.39 is 0 Å². The number of piperazine rings is 1. The van der Waals surface area contributed by atoms with Gasteiger partial charge in [-0.3, -0.25) is 14.7 Å². The zero-order chi connectivity index (χ0) is 26.9. The highest BCUT2D eigenvalue weighted by atomic mass is 16.1. The van der Waals surface area contributed by atoms with Gasteiger partial charge in [0.1, 0.15) is 5.82 Å². The van der Waals surface area contributed by atoms with Gasteiger partial charge in [-0.15, -0.1) is 0 Å². The highest BCUT2D eigenvalue weighted by molar-refractivity contribution is 6.09. The molecule has 0 spiro atoms. The summed E-state index contributed by atoms with van der Waals surface area (Å²) in [5.41, 5.74) is 6.05. The minimum absolute atomic E-state index is 0.144. The minimum Gasteiger partial charge on any atom is -0.340 e. The molecule has 1 aromatic heterocycles. The molecule has 0 unspecified atom stereocenters. The van der Waals surface area contributed by atoms with Crippen molar-refractivity contribution in [3.05, 3.63) is 114 Å². The fourth-order valence-corrected chi connectivity index (χ4v) is 4.26. The van der Waals surface area contributed by atoms with Crippen LogP contribution >= 0.6 is 0 Å². The van der Waals surface area contributed by atoms with E-state index in [0.717, 1.165) is 55.2 Å². The highest BCUT2D eigenvalue weighted by Crippen LogP contribution is 2.23. The maximum Gasteiger partial charge on any atom is 0.255 e. The summed E-state index contributed by atoms with van der Waals surface area (Å²) in [7, 11) is 2.16. The molecule has 2 heterocycles. The number of anilines is 2. The Kier molecular flexibility index (Phi) is 9.19. The SMILES string of the molecule is C=C(/N=C(\C=C/C)c1cccnc1)Nc1cc(NC(=O)c2ccc(CN3CCN(C)CC3)cc2)ccc1C. The van der Waals surface area contributed by atoms with Gasteiger partial charge in [-0.1, -0.05) is 30.9 Å². The van der Waals surface area contributed by atoms with Gasteiger partial charge in [0.25, 0.3) is 5.91 Å². The van der Waals surface area contributed by atoms with Gasteiger partial charge in [0.2, 0.25) is 0 Å². The second kappa shape index (κ2) is 12.9. The number of allylic oxidation sites excluding steroid dienone is 2. The fourth-order valence-electron chi connectivity index (χ4n) is 4.26. The molecule has 0 radical (unpaired) electrons. The maximum atomic E-state index is 12.9. The number of benzene rings is 2. The first-order chi connectivity index (χ1) is 18.4. The molecule has 1 aliphatic heterocycles. The third-order valence-corrected chi connectivity index (χ3v) is 6.53. The van der Waals surface area contributed by atoms with Crippen LogP contribution in [-0.2, 0) is 6.54 Å². The normalized spacial score (nSPS) is 15.0. The van der Waals surface area contributed by atoms with Crippen molar-refractivity contribution < 1.29 is 4.79 Å². The predicted octanol–water partition coefficient (Wildman–Crippen LogP) is 5.34. The van der Waals surface area contributed by atoms with Gasteiger partial charge in [0, 0.05) is 67.6 Å². The van der Waals surface area contributed by atoms with E-state index in [1.165, 1.54) is 5.56 Å². The molecule has 2 N–H and O–H groups in total. The van der Waals surface area contributed by atoms with Crippen LogP contribution in [0.2, 0.25) is 0 Å². The standard InChI is InChI=1S/C31H36N6O/c1-5-7-29(27-8-6-15-32-21-27)33-24(3)34-30-20-28(14-9-23(30)2)35-31(38)26-12-10-25(11-13-26)22-37-18-16-36(4)17-19-37/h5-15,20-21,34H,3,16-19,22H2,1-2,4H3,(H,35,38)/b7-5-,33-29+. The number of carbonyl (C=O) groups is 1. The van der Waals surface area contributed by atoms with Crippen LogP contribution in [0.5, 0.6) is 0 Å². The number of nitrogens with one attached hydrogen (secondary N) is 2. The molecule has 7 nitrogen and oxygen atoms in total. The fraction of sp³-hybridized carbons (Fsp3) is 0.258. The van der Waals surface area contributed by atoms with Gasteiger partial charge in [0.15, 0.2) is 0 Å². The first-order valence-electron chi connectivity index (χ1n) is 12.9. The summed E-state index contributed by atoms with van der Waals surface area (Å²) in [6.45, 7) is 13.3. The predicted molar refractivity (Wildman–Crippen MR) is 157 cm³/mol. The molecule has 196 valence electrons. The zero-order valence-electron chi connectivity index (χ0n) is 22.4. The molecule has 0 saturated carbocycles. The van der Waals surface area contributed by atoms with Crippen LogP contribution in [0.25, 0.3) is 0 Å². The van der Waals surface area contributed by atoms with E-state index in [2.05, 4.69) is 44.0 Å². The molecular weight excluding hydrogens is 472 g/mol. The molecule has 1 saturated heterocycles. The van der Waals surface area contributed by atoms with Gasteiger partial charge >= 0.3 is 0 Å². The number of aryl methyl sites for hydroxylation is 1. The van der Waals surface area contributed by atoms with E-state index in [-0.39, 0.29) is 5.91 Å². The van der Waals surface area contributed by atoms with Crippen LogP contribution in [0.4, 0.5) is 11.4 Å². The molecule has 3 aromatic rings. The van der Waals surface area contributed by atoms with Gasteiger partial charge in [0.05, 0.1) is 5.71 Å². The number of hydrogen-bond donors (Lipinski definition) is 2. The Morgan fingerprint density at radius 3 is 2.50 bits per heavy atom. The minimum atomic E-state index is -0.144. The number of carbonyl (C=O) groups excluding carboxylic acids is 1. The molecule has 1 amide bonds. The summed E-state index contributed by atoms with van der Waals surface area (Å²) < 4.78 is 0. The largest absolute Gasteiger partial charge is 0.340 e. The second-order valence-corrected chi connectivity index (χ2v) is 9.57. The third-order valence-electron chi connectivity index (χ3n) is 6.53. The lowest BCUT2D eigenvalue weighted by atomic mass is 10.1. The number of rotatable bonds is 9. The lowest BCUT2D eigenvalue weighted by molar-refractivity contribution is 0.102. The summed E-state index contributed by atoms with van der Waals surface area (Å²) in [5.74, 6) is 0.346. The molecule has 0 aliphatic carbocycles. The summed E-state index contributed by atoms with van der Waals surface area (Å²) in [6.07, 6.45) is 7.35. The van der Waals surface area contributed by atoms with E-state index in [9.17, 15) is 4.79 Å². The molecular formula is C31H36N6O. The quantitative estimate of drug-likeness (QED) is 0.382. The number of likely N-dealkylation sites (N-methyl/N-ethyl adjacent to an activating group) is 1. The van der Waals surface area contributed by atoms with Crippen molar-refractivity contribution in [2.45, 2.75) is 20.4 Å². The molecule has 2 aromatic carbocycles. The van der Waals surface area contributed by atoms with Gasteiger partial charge in [-0.05, 0) is 74.5 Å². The van der Waals surface area contributed by atoms with Crippen LogP contribution in [0.3, 0.4) is 0 Å². The van der Waals surface area contributed by atoms with Crippen molar-refractivity contribution in [1.29, 1.82) is 0 Å². The number of amides is 1. The molecule has 1 fully saturated rings. The molecule has 4 rings (SSSR count). The Balaban J connectivity index is 1.40. The maximum absolute atomic E-state index is 12.9. The van der Waals surface area contributed by atoms with Gasteiger partial charge in [-0.25, -0.2) is 4.99 Å². The molecule has 38 heavy (non-hydrogen) atoms. The van der Waals surface area contributed by atoms with Crippen LogP contribution in [-0.4, -0.2) is 59.6 Å². The number of hydrogen-bond acceptors (Lipinski definition) is 6. The summed E-state index contributed by atoms with van der Waals surface area (Å²) in [6, 6.07) is 17.5. The Bertz CT molecular complexity index is 1310. The molecule has 0 atom stereocenters. The van der Waals surface area contributed by atoms with Crippen LogP contribution in [0.1, 0.15) is 34.0 Å². The van der Waals surface area contributed by atoms with Crippen molar-refractivity contribution >= 4 is 23.0 Å². The first kappa shape index (κ1) is 27.0. The number of pyridine rings is 1. The van der Waals surface area contributed by atoms with Crippen molar-refractivity contribution in [3.63, 3.8) is 0 Å². The Hall–Kier alpha value is -4.07. The average Bonchev–Trinajstić information content (AvgIpc) is 2.92. The summed E-state index contributed by atoms with van der Waals surface area (Å²) in [4.78, 5) is 26.6. The molecule has 7 heteroatoms. The van der Waals surface area contributed by atoms with Crippen molar-refractivity contribution in [3.8, 4) is 0 Å².